The van der Waals surface area contributed by atoms with E-state index in [2.05, 4.69) is 10.1 Å². The fourth-order valence-electron chi connectivity index (χ4n) is 1.83. The van der Waals surface area contributed by atoms with Crippen molar-refractivity contribution in [2.75, 3.05) is 14.2 Å². The summed E-state index contributed by atoms with van der Waals surface area (Å²) in [5.74, 6) is -0.597. The van der Waals surface area contributed by atoms with Crippen LogP contribution in [0, 0.1) is 5.82 Å². The Balaban J connectivity index is 0.000000491. The molecule has 21 heavy (non-hydrogen) atoms. The summed E-state index contributed by atoms with van der Waals surface area (Å²) in [7, 11) is 2.75. The predicted octanol–water partition coefficient (Wildman–Crippen LogP) is 2.62. The van der Waals surface area contributed by atoms with E-state index in [0.717, 1.165) is 12.8 Å². The average Bonchev–Trinajstić information content (AvgIpc) is 2.45. The smallest absolute Gasteiger partial charge is 0.292 e. The van der Waals surface area contributed by atoms with Crippen LogP contribution in [0.5, 0.6) is 11.5 Å². The summed E-state index contributed by atoms with van der Waals surface area (Å²) in [6.45, 7) is 0.736. The van der Waals surface area contributed by atoms with Gasteiger partial charge in [0.15, 0.2) is 5.82 Å². The van der Waals surface area contributed by atoms with Gasteiger partial charge in [0.2, 0.25) is 0 Å². The lowest BCUT2D eigenvalue weighted by molar-refractivity contribution is -0.126. The number of carbonyl (C=O) groups is 1. The first-order chi connectivity index (χ1) is 10.0. The molecule has 118 valence electrons. The van der Waals surface area contributed by atoms with Gasteiger partial charge in [0.25, 0.3) is 6.47 Å². The van der Waals surface area contributed by atoms with E-state index in [1.54, 1.807) is 0 Å². The van der Waals surface area contributed by atoms with Gasteiger partial charge in [-0.05, 0) is 12.8 Å². The first-order valence-corrected chi connectivity index (χ1v) is 6.86. The third kappa shape index (κ3) is 4.75. The van der Waals surface area contributed by atoms with Crippen molar-refractivity contribution in [2.45, 2.75) is 31.8 Å². The van der Waals surface area contributed by atoms with Crippen molar-refractivity contribution >= 4 is 18.1 Å². The number of hydrogen-bond acceptors (Lipinski definition) is 5. The van der Waals surface area contributed by atoms with Crippen LogP contribution in [-0.2, 0) is 16.1 Å². The van der Waals surface area contributed by atoms with Gasteiger partial charge in [-0.2, -0.15) is 0 Å². The number of nitrogens with one attached hydrogen (secondary N) is 1. The van der Waals surface area contributed by atoms with Crippen molar-refractivity contribution < 1.29 is 23.8 Å². The van der Waals surface area contributed by atoms with E-state index in [4.69, 9.17) is 21.1 Å². The Kier molecular flexibility index (Phi) is 7.25. The molecule has 0 aliphatic heterocycles. The average molecular weight is 320 g/mol. The standard InChI is InChI=1S/C12H15ClFNO2.C2H4O2/c1-17-10-5-9(16)11(13)12(14)8(10)6-15-7-3-2-4-7;1-4-2-3/h5,7,15-16H,2-4,6H2,1H3;2H,1H3. The summed E-state index contributed by atoms with van der Waals surface area (Å²) in [6.07, 6.45) is 3.46. The molecule has 1 aromatic rings. The second kappa shape index (κ2) is 8.69. The van der Waals surface area contributed by atoms with E-state index in [1.807, 2.05) is 0 Å². The number of carbonyl (C=O) groups excluding carboxylic acids is 1. The maximum absolute atomic E-state index is 13.9. The molecule has 0 aromatic heterocycles. The molecule has 0 heterocycles. The van der Waals surface area contributed by atoms with Crippen LogP contribution in [-0.4, -0.2) is 31.8 Å². The normalized spacial score (nSPS) is 13.7. The second-order valence-corrected chi connectivity index (χ2v) is 4.92. The minimum Gasteiger partial charge on any atom is -0.506 e. The zero-order valence-electron chi connectivity index (χ0n) is 12.0. The zero-order chi connectivity index (χ0) is 15.8. The molecule has 1 fully saturated rings. The van der Waals surface area contributed by atoms with Crippen molar-refractivity contribution in [2.24, 2.45) is 0 Å². The predicted molar refractivity (Wildman–Crippen MR) is 77.2 cm³/mol. The molecular weight excluding hydrogens is 301 g/mol. The minimum absolute atomic E-state index is 0.254. The van der Waals surface area contributed by atoms with Gasteiger partial charge in [0, 0.05) is 24.2 Å². The van der Waals surface area contributed by atoms with Crippen LogP contribution < -0.4 is 10.1 Å². The molecule has 1 aromatic carbocycles. The Morgan fingerprint density at radius 2 is 2.14 bits per heavy atom. The molecule has 0 spiro atoms. The minimum atomic E-state index is -0.615. The van der Waals surface area contributed by atoms with Gasteiger partial charge in [-0.15, -0.1) is 0 Å². The number of methoxy groups -OCH3 is 2. The van der Waals surface area contributed by atoms with Crippen LogP contribution in [0.4, 0.5) is 4.39 Å². The first kappa shape index (κ1) is 17.5. The third-order valence-electron chi connectivity index (χ3n) is 3.24. The molecule has 2 N–H and O–H groups in total. The fraction of sp³-hybridized carbons (Fsp3) is 0.500. The van der Waals surface area contributed by atoms with Crippen LogP contribution in [0.15, 0.2) is 6.07 Å². The topological polar surface area (TPSA) is 67.8 Å². The van der Waals surface area contributed by atoms with Gasteiger partial charge in [0.1, 0.15) is 16.5 Å². The van der Waals surface area contributed by atoms with Gasteiger partial charge in [0.05, 0.1) is 14.2 Å². The molecule has 2 rings (SSSR count). The van der Waals surface area contributed by atoms with E-state index >= 15 is 0 Å². The molecule has 0 radical (unpaired) electrons. The lowest BCUT2D eigenvalue weighted by Gasteiger charge is -2.27. The van der Waals surface area contributed by atoms with Crippen LogP contribution >= 0.6 is 11.6 Å². The summed E-state index contributed by atoms with van der Waals surface area (Å²) in [4.78, 5) is 8.95. The number of rotatable bonds is 5. The highest BCUT2D eigenvalue weighted by Crippen LogP contribution is 2.35. The monoisotopic (exact) mass is 319 g/mol. The summed E-state index contributed by atoms with van der Waals surface area (Å²) >= 11 is 5.67. The molecule has 0 saturated heterocycles. The lowest BCUT2D eigenvalue weighted by atomic mass is 9.93. The molecule has 1 aliphatic rings. The number of phenolic OH excluding ortho intramolecular Hbond substituents is 1. The molecule has 0 amide bonds. The highest BCUT2D eigenvalue weighted by Gasteiger charge is 2.21. The van der Waals surface area contributed by atoms with Crippen LogP contribution in [0.2, 0.25) is 5.02 Å². The number of aromatic hydroxyl groups is 1. The van der Waals surface area contributed by atoms with Crippen molar-refractivity contribution in [3.05, 3.63) is 22.5 Å². The summed E-state index contributed by atoms with van der Waals surface area (Å²) < 4.78 is 22.8. The Morgan fingerprint density at radius 3 is 2.57 bits per heavy atom. The quantitative estimate of drug-likeness (QED) is 0.817. The van der Waals surface area contributed by atoms with Crippen molar-refractivity contribution in [1.29, 1.82) is 0 Å². The molecule has 0 atom stereocenters. The maximum atomic E-state index is 13.9. The number of ether oxygens (including phenoxy) is 2. The zero-order valence-corrected chi connectivity index (χ0v) is 12.7. The van der Waals surface area contributed by atoms with E-state index in [1.165, 1.54) is 26.7 Å². The fourth-order valence-corrected chi connectivity index (χ4v) is 2.00. The number of benzene rings is 1. The highest BCUT2D eigenvalue weighted by atomic mass is 35.5. The summed E-state index contributed by atoms with van der Waals surface area (Å²) in [6, 6.07) is 1.79. The molecule has 5 nitrogen and oxygen atoms in total. The van der Waals surface area contributed by atoms with Crippen LogP contribution in [0.25, 0.3) is 0 Å². The van der Waals surface area contributed by atoms with E-state index in [0.29, 0.717) is 30.4 Å². The Labute approximate surface area is 128 Å². The van der Waals surface area contributed by atoms with Gasteiger partial charge >= 0.3 is 0 Å². The van der Waals surface area contributed by atoms with Crippen LogP contribution in [0.3, 0.4) is 0 Å². The third-order valence-corrected chi connectivity index (χ3v) is 3.60. The first-order valence-electron chi connectivity index (χ1n) is 6.48. The molecule has 0 bridgehead atoms. The van der Waals surface area contributed by atoms with E-state index in [-0.39, 0.29) is 10.8 Å². The van der Waals surface area contributed by atoms with E-state index < -0.39 is 5.82 Å². The number of hydrogen-bond donors (Lipinski definition) is 2. The van der Waals surface area contributed by atoms with Gasteiger partial charge in [-0.3, -0.25) is 4.79 Å². The Morgan fingerprint density at radius 1 is 1.52 bits per heavy atom. The maximum Gasteiger partial charge on any atom is 0.292 e. The summed E-state index contributed by atoms with van der Waals surface area (Å²) in [5, 5.41) is 12.4. The van der Waals surface area contributed by atoms with Gasteiger partial charge < -0.3 is 19.9 Å². The van der Waals surface area contributed by atoms with E-state index in [9.17, 15) is 9.50 Å². The van der Waals surface area contributed by atoms with Crippen molar-refractivity contribution in [1.82, 2.24) is 5.32 Å². The Bertz CT molecular complexity index is 481. The molecular formula is C14H19ClFNO4. The molecule has 1 saturated carbocycles. The highest BCUT2D eigenvalue weighted by molar-refractivity contribution is 6.32. The van der Waals surface area contributed by atoms with Gasteiger partial charge in [-0.1, -0.05) is 18.0 Å². The number of phenols is 1. The SMILES string of the molecule is COC=O.COc1cc(O)c(Cl)c(F)c1CNC1CCC1. The Hall–Kier alpha value is -1.53. The molecule has 0 unspecified atom stereocenters. The molecule has 7 heteroatoms. The van der Waals surface area contributed by atoms with Crippen molar-refractivity contribution in [3.63, 3.8) is 0 Å². The van der Waals surface area contributed by atoms with Crippen LogP contribution in [0.1, 0.15) is 24.8 Å². The second-order valence-electron chi connectivity index (χ2n) is 4.55. The molecule has 1 aliphatic carbocycles. The lowest BCUT2D eigenvalue weighted by Crippen LogP contribution is -2.34. The number of halogens is 2. The summed E-state index contributed by atoms with van der Waals surface area (Å²) in [5.41, 5.74) is 0.363. The largest absolute Gasteiger partial charge is 0.506 e. The van der Waals surface area contributed by atoms with Gasteiger partial charge in [-0.25, -0.2) is 4.39 Å². The van der Waals surface area contributed by atoms with Crippen molar-refractivity contribution in [3.8, 4) is 11.5 Å².